The molecular formula is C25H30Cl2N4O3S. The number of piperazine rings is 1. The molecule has 7 nitrogen and oxygen atoms in total. The van der Waals surface area contributed by atoms with E-state index in [4.69, 9.17) is 28.5 Å². The van der Waals surface area contributed by atoms with Crippen molar-refractivity contribution in [1.82, 2.24) is 14.5 Å². The molecule has 0 radical (unpaired) electrons. The van der Waals surface area contributed by atoms with Gasteiger partial charge in [-0.3, -0.25) is 4.79 Å². The number of halogens is 2. The summed E-state index contributed by atoms with van der Waals surface area (Å²) in [6, 6.07) is 14.3. The zero-order chi connectivity index (χ0) is 25.8. The van der Waals surface area contributed by atoms with E-state index in [9.17, 15) is 13.2 Å². The lowest BCUT2D eigenvalue weighted by molar-refractivity contribution is -0.126. The van der Waals surface area contributed by atoms with Crippen LogP contribution in [0, 0.1) is 11.3 Å². The van der Waals surface area contributed by atoms with Gasteiger partial charge in [0.2, 0.25) is 15.9 Å². The van der Waals surface area contributed by atoms with Crippen LogP contribution in [0.5, 0.6) is 0 Å². The van der Waals surface area contributed by atoms with Crippen LogP contribution >= 0.6 is 23.2 Å². The highest BCUT2D eigenvalue weighted by molar-refractivity contribution is 7.88. The van der Waals surface area contributed by atoms with Crippen LogP contribution in [0.15, 0.2) is 42.5 Å². The van der Waals surface area contributed by atoms with E-state index in [0.717, 1.165) is 11.1 Å². The van der Waals surface area contributed by atoms with Gasteiger partial charge in [0.05, 0.1) is 33.3 Å². The van der Waals surface area contributed by atoms with Crippen molar-refractivity contribution < 1.29 is 13.2 Å². The quantitative estimate of drug-likeness (QED) is 0.553. The molecule has 1 aliphatic rings. The fourth-order valence-electron chi connectivity index (χ4n) is 4.40. The summed E-state index contributed by atoms with van der Waals surface area (Å²) < 4.78 is 25.5. The molecule has 1 N–H and O–H groups in total. The Balaban J connectivity index is 1.76. The summed E-state index contributed by atoms with van der Waals surface area (Å²) in [5.41, 5.74) is 1.32. The Hall–Kier alpha value is -2.15. The number of nitrogens with zero attached hydrogens (tertiary/aromatic N) is 3. The molecule has 0 saturated carbocycles. The number of hydrogen-bond donors (Lipinski definition) is 1. The molecule has 2 aromatic rings. The third-order valence-corrected chi connectivity index (χ3v) is 8.73. The van der Waals surface area contributed by atoms with E-state index in [0.29, 0.717) is 54.8 Å². The molecule has 2 atom stereocenters. The maximum atomic E-state index is 13.5. The van der Waals surface area contributed by atoms with Crippen molar-refractivity contribution in [1.29, 1.82) is 5.26 Å². The van der Waals surface area contributed by atoms with Crippen LogP contribution < -0.4 is 5.32 Å². The van der Waals surface area contributed by atoms with Crippen LogP contribution in [-0.4, -0.2) is 62.0 Å². The minimum atomic E-state index is -3.25. The summed E-state index contributed by atoms with van der Waals surface area (Å²) in [5.74, 6) is -0.150. The van der Waals surface area contributed by atoms with Gasteiger partial charge in [-0.2, -0.15) is 9.57 Å². The van der Waals surface area contributed by atoms with Gasteiger partial charge in [-0.25, -0.2) is 8.42 Å². The van der Waals surface area contributed by atoms with Crippen molar-refractivity contribution in [2.45, 2.75) is 38.3 Å². The maximum Gasteiger partial charge on any atom is 0.230 e. The van der Waals surface area contributed by atoms with Crippen molar-refractivity contribution in [2.24, 2.45) is 0 Å². The van der Waals surface area contributed by atoms with Gasteiger partial charge in [-0.05, 0) is 62.2 Å². The lowest BCUT2D eigenvalue weighted by Gasteiger charge is -2.40. The Morgan fingerprint density at radius 3 is 2.43 bits per heavy atom. The first-order chi connectivity index (χ1) is 16.4. The zero-order valence-corrected chi connectivity index (χ0v) is 22.4. The molecule has 35 heavy (non-hydrogen) atoms. The maximum absolute atomic E-state index is 13.5. The summed E-state index contributed by atoms with van der Waals surface area (Å²) in [6.45, 7) is 6.34. The Morgan fingerprint density at radius 2 is 1.86 bits per heavy atom. The highest BCUT2D eigenvalue weighted by atomic mass is 35.5. The van der Waals surface area contributed by atoms with Crippen molar-refractivity contribution >= 4 is 39.1 Å². The number of carbonyl (C=O) groups excluding carboxylic acids is 1. The van der Waals surface area contributed by atoms with E-state index >= 15 is 0 Å². The van der Waals surface area contributed by atoms with Crippen LogP contribution in [0.4, 0.5) is 0 Å². The van der Waals surface area contributed by atoms with Gasteiger partial charge in [0.1, 0.15) is 0 Å². The second kappa shape index (κ2) is 11.3. The Morgan fingerprint density at radius 1 is 1.17 bits per heavy atom. The number of rotatable bonds is 8. The zero-order valence-electron chi connectivity index (χ0n) is 20.1. The molecule has 2 aromatic carbocycles. The number of nitriles is 1. The van der Waals surface area contributed by atoms with Crippen LogP contribution in [-0.2, 0) is 26.8 Å². The molecule has 188 valence electrons. The molecule has 1 fully saturated rings. The third-order valence-electron chi connectivity index (χ3n) is 6.60. The van der Waals surface area contributed by atoms with Crippen LogP contribution in [0.3, 0.4) is 0 Å². The van der Waals surface area contributed by atoms with Crippen LogP contribution in [0.25, 0.3) is 0 Å². The number of benzene rings is 2. The molecule has 1 unspecified atom stereocenters. The van der Waals surface area contributed by atoms with Crippen molar-refractivity contribution in [2.75, 3.05) is 32.4 Å². The normalized spacial score (nSPS) is 19.0. The van der Waals surface area contributed by atoms with Crippen molar-refractivity contribution in [3.8, 4) is 6.07 Å². The molecule has 3 rings (SSSR count). The molecule has 1 saturated heterocycles. The second-order valence-corrected chi connectivity index (χ2v) is 12.0. The first-order valence-corrected chi connectivity index (χ1v) is 14.0. The highest BCUT2D eigenvalue weighted by Gasteiger charge is 2.37. The van der Waals surface area contributed by atoms with Gasteiger partial charge in [0.25, 0.3) is 0 Å². The Labute approximate surface area is 217 Å². The first-order valence-electron chi connectivity index (χ1n) is 11.4. The van der Waals surface area contributed by atoms with Gasteiger partial charge in [0, 0.05) is 32.2 Å². The summed E-state index contributed by atoms with van der Waals surface area (Å²) in [5, 5.41) is 12.8. The molecule has 0 spiro atoms. The van der Waals surface area contributed by atoms with Gasteiger partial charge in [-0.15, -0.1) is 0 Å². The molecule has 0 bridgehead atoms. The molecule has 0 aromatic heterocycles. The summed E-state index contributed by atoms with van der Waals surface area (Å²) in [7, 11) is -3.25. The summed E-state index contributed by atoms with van der Waals surface area (Å²) in [4.78, 5) is 15.7. The predicted octanol–water partition coefficient (Wildman–Crippen LogP) is 3.79. The van der Waals surface area contributed by atoms with Crippen LogP contribution in [0.1, 0.15) is 37.0 Å². The van der Waals surface area contributed by atoms with Crippen molar-refractivity contribution in [3.63, 3.8) is 0 Å². The monoisotopic (exact) mass is 536 g/mol. The van der Waals surface area contributed by atoms with Gasteiger partial charge < -0.3 is 10.2 Å². The second-order valence-electron chi connectivity index (χ2n) is 9.23. The highest BCUT2D eigenvalue weighted by Crippen LogP contribution is 2.33. The fraction of sp³-hybridized carbons (Fsp3) is 0.440. The topological polar surface area (TPSA) is 93.5 Å². The minimum absolute atomic E-state index is 0.139. The Bertz CT molecular complexity index is 1210. The van der Waals surface area contributed by atoms with Crippen LogP contribution in [0.2, 0.25) is 10.0 Å². The largest absolute Gasteiger partial charge is 0.351 e. The van der Waals surface area contributed by atoms with E-state index < -0.39 is 15.4 Å². The van der Waals surface area contributed by atoms with E-state index in [2.05, 4.69) is 16.3 Å². The standard InChI is InChI=1S/C25H30Cl2N4O3S/c1-18-17-30(12-13-31(18)35(3,33)34)11-10-25(2,21-8-9-22(26)23(27)14-21)24(32)29-16-20-6-4-19(15-28)5-7-20/h4-9,14,18H,10-13,16-17H2,1-3H3,(H,29,32)/t18-,25?/m1/s1. The number of sulfonamides is 1. The molecule has 10 heteroatoms. The molecule has 1 amide bonds. The van der Waals surface area contributed by atoms with E-state index in [1.54, 1.807) is 24.3 Å². The molecular weight excluding hydrogens is 507 g/mol. The van der Waals surface area contributed by atoms with E-state index in [1.165, 1.54) is 10.6 Å². The van der Waals surface area contributed by atoms with Gasteiger partial charge in [-0.1, -0.05) is 41.4 Å². The minimum Gasteiger partial charge on any atom is -0.351 e. The number of hydrogen-bond acceptors (Lipinski definition) is 5. The molecule has 0 aliphatic carbocycles. The molecule has 1 aliphatic heterocycles. The predicted molar refractivity (Wildman–Crippen MR) is 139 cm³/mol. The number of nitrogens with one attached hydrogen (secondary N) is 1. The average Bonchev–Trinajstić information content (AvgIpc) is 2.82. The van der Waals surface area contributed by atoms with E-state index in [1.807, 2.05) is 32.0 Å². The fourth-order valence-corrected chi connectivity index (χ4v) is 5.83. The molecule has 1 heterocycles. The SMILES string of the molecule is C[C@@H]1CN(CCC(C)(C(=O)NCc2ccc(C#N)cc2)c2ccc(Cl)c(Cl)c2)CCN1S(C)(=O)=O. The van der Waals surface area contributed by atoms with Gasteiger partial charge >= 0.3 is 0 Å². The Kier molecular flexibility index (Phi) is 8.84. The first kappa shape index (κ1) is 27.4. The smallest absolute Gasteiger partial charge is 0.230 e. The lowest BCUT2D eigenvalue weighted by atomic mass is 9.78. The number of carbonyl (C=O) groups is 1. The lowest BCUT2D eigenvalue weighted by Crippen LogP contribution is -2.54. The summed E-state index contributed by atoms with van der Waals surface area (Å²) in [6.07, 6.45) is 1.74. The third kappa shape index (κ3) is 6.75. The van der Waals surface area contributed by atoms with Crippen molar-refractivity contribution in [3.05, 3.63) is 69.2 Å². The average molecular weight is 538 g/mol. The van der Waals surface area contributed by atoms with Gasteiger partial charge in [0.15, 0.2) is 0 Å². The van der Waals surface area contributed by atoms with E-state index in [-0.39, 0.29) is 11.9 Å². The number of amides is 1. The summed E-state index contributed by atoms with van der Waals surface area (Å²) >= 11 is 12.4.